The van der Waals surface area contributed by atoms with E-state index in [2.05, 4.69) is 51.3 Å². The zero-order valence-electron chi connectivity index (χ0n) is 15.8. The maximum absolute atomic E-state index is 9.35. The highest BCUT2D eigenvalue weighted by atomic mass is 32.1. The van der Waals surface area contributed by atoms with Crippen LogP contribution < -0.4 is 0 Å². The number of aryl methyl sites for hydroxylation is 1. The molecule has 7 heteroatoms. The maximum Gasteiger partial charge on any atom is 0.158 e. The van der Waals surface area contributed by atoms with E-state index in [9.17, 15) is 5.11 Å². The molecule has 1 unspecified atom stereocenters. The molecule has 1 aromatic carbocycles. The third-order valence-electron chi connectivity index (χ3n) is 5.32. The van der Waals surface area contributed by atoms with E-state index in [1.807, 2.05) is 17.8 Å². The normalized spacial score (nSPS) is 18.1. The first-order valence-corrected chi connectivity index (χ1v) is 10.2. The number of benzene rings is 1. The van der Waals surface area contributed by atoms with E-state index in [1.165, 1.54) is 16.0 Å². The molecule has 1 aliphatic rings. The number of aliphatic hydroxyl groups is 1. The lowest BCUT2D eigenvalue weighted by Gasteiger charge is -2.31. The van der Waals surface area contributed by atoms with Gasteiger partial charge in [-0.15, -0.1) is 21.5 Å². The summed E-state index contributed by atoms with van der Waals surface area (Å²) in [5, 5.41) is 18.9. The summed E-state index contributed by atoms with van der Waals surface area (Å²) in [7, 11) is 1.94. The maximum atomic E-state index is 9.35. The molecule has 142 valence electrons. The minimum Gasteiger partial charge on any atom is -0.388 e. The third kappa shape index (κ3) is 3.81. The van der Waals surface area contributed by atoms with Gasteiger partial charge in [0.2, 0.25) is 0 Å². The van der Waals surface area contributed by atoms with Crippen molar-refractivity contribution in [1.29, 1.82) is 0 Å². The van der Waals surface area contributed by atoms with Crippen LogP contribution in [-0.4, -0.2) is 42.8 Å². The Labute approximate surface area is 163 Å². The van der Waals surface area contributed by atoms with Crippen LogP contribution in [0.3, 0.4) is 0 Å². The highest BCUT2D eigenvalue weighted by Crippen LogP contribution is 2.31. The smallest absolute Gasteiger partial charge is 0.158 e. The summed E-state index contributed by atoms with van der Waals surface area (Å²) < 4.78 is 1.94. The average Bonchev–Trinajstić information content (AvgIpc) is 3.29. The molecule has 3 heterocycles. The molecule has 1 aliphatic heterocycles. The van der Waals surface area contributed by atoms with Crippen LogP contribution in [-0.2, 0) is 20.2 Å². The topological polar surface area (TPSA) is 67.1 Å². The zero-order valence-corrected chi connectivity index (χ0v) is 16.6. The molecule has 1 fully saturated rings. The summed E-state index contributed by atoms with van der Waals surface area (Å²) in [4.78, 5) is 8.43. The van der Waals surface area contributed by atoms with Gasteiger partial charge >= 0.3 is 0 Å². The largest absolute Gasteiger partial charge is 0.388 e. The number of piperidine rings is 1. The molecule has 3 aromatic rings. The minimum absolute atomic E-state index is 0.0670. The van der Waals surface area contributed by atoms with Gasteiger partial charge in [-0.1, -0.05) is 24.3 Å². The Kier molecular flexibility index (Phi) is 5.33. The lowest BCUT2D eigenvalue weighted by atomic mass is 9.97. The van der Waals surface area contributed by atoms with Gasteiger partial charge in [0.05, 0.1) is 0 Å². The van der Waals surface area contributed by atoms with Crippen molar-refractivity contribution in [3.8, 4) is 10.6 Å². The van der Waals surface area contributed by atoms with Crippen LogP contribution in [0.4, 0.5) is 0 Å². The summed E-state index contributed by atoms with van der Waals surface area (Å²) in [5.41, 5.74) is 2.49. The first-order chi connectivity index (χ1) is 13.2. The monoisotopic (exact) mass is 383 g/mol. The average molecular weight is 384 g/mol. The summed E-state index contributed by atoms with van der Waals surface area (Å²) in [6, 6.07) is 8.41. The standard InChI is InChI=1S/C20H25N5OS/c1-14-6-3-4-8-17(14)20-21-10-16(27-20)12-25-9-5-7-15(11-25)19-23-22-18(13-26)24(19)2/h3-4,6,8,10,15,26H,5,7,9,11-13H2,1-2H3. The number of thiazole rings is 1. The van der Waals surface area contributed by atoms with Crippen molar-refractivity contribution in [2.24, 2.45) is 7.05 Å². The molecule has 6 nitrogen and oxygen atoms in total. The molecule has 1 N–H and O–H groups in total. The van der Waals surface area contributed by atoms with Gasteiger partial charge in [-0.05, 0) is 31.9 Å². The van der Waals surface area contributed by atoms with E-state index in [1.54, 1.807) is 11.3 Å². The Balaban J connectivity index is 1.45. The molecule has 1 saturated heterocycles. The van der Waals surface area contributed by atoms with E-state index >= 15 is 0 Å². The number of nitrogens with zero attached hydrogens (tertiary/aromatic N) is 5. The molecule has 0 bridgehead atoms. The van der Waals surface area contributed by atoms with Crippen LogP contribution >= 0.6 is 11.3 Å². The number of aromatic nitrogens is 4. The van der Waals surface area contributed by atoms with Crippen molar-refractivity contribution in [2.75, 3.05) is 13.1 Å². The molecule has 0 spiro atoms. The molecule has 4 rings (SSSR count). The van der Waals surface area contributed by atoms with Crippen molar-refractivity contribution in [2.45, 2.75) is 38.8 Å². The van der Waals surface area contributed by atoms with E-state index in [-0.39, 0.29) is 6.61 Å². The molecular formula is C20H25N5OS. The minimum atomic E-state index is -0.0670. The van der Waals surface area contributed by atoms with Crippen molar-refractivity contribution in [1.82, 2.24) is 24.6 Å². The van der Waals surface area contributed by atoms with Crippen molar-refractivity contribution in [3.63, 3.8) is 0 Å². The predicted molar refractivity (Wildman–Crippen MR) is 106 cm³/mol. The van der Waals surface area contributed by atoms with Crippen LogP contribution in [0.2, 0.25) is 0 Å². The molecule has 0 amide bonds. The summed E-state index contributed by atoms with van der Waals surface area (Å²) >= 11 is 1.78. The Morgan fingerprint density at radius 3 is 2.89 bits per heavy atom. The summed E-state index contributed by atoms with van der Waals surface area (Å²) in [5.74, 6) is 1.97. The fourth-order valence-corrected chi connectivity index (χ4v) is 4.86. The lowest BCUT2D eigenvalue weighted by Crippen LogP contribution is -2.34. The van der Waals surface area contributed by atoms with Crippen LogP contribution in [0, 0.1) is 6.92 Å². The highest BCUT2D eigenvalue weighted by Gasteiger charge is 2.26. The van der Waals surface area contributed by atoms with Gasteiger partial charge in [0.1, 0.15) is 17.4 Å². The van der Waals surface area contributed by atoms with Crippen LogP contribution in [0.15, 0.2) is 30.5 Å². The Morgan fingerprint density at radius 1 is 1.26 bits per heavy atom. The molecule has 1 atom stereocenters. The van der Waals surface area contributed by atoms with Crippen molar-refractivity contribution < 1.29 is 5.11 Å². The second-order valence-corrected chi connectivity index (χ2v) is 8.33. The number of hydrogen-bond acceptors (Lipinski definition) is 6. The van der Waals surface area contributed by atoms with Gasteiger partial charge in [-0.25, -0.2) is 4.98 Å². The quantitative estimate of drug-likeness (QED) is 0.733. The number of rotatable bonds is 5. The zero-order chi connectivity index (χ0) is 18.8. The fraction of sp³-hybridized carbons (Fsp3) is 0.450. The van der Waals surface area contributed by atoms with Crippen molar-refractivity contribution >= 4 is 11.3 Å². The fourth-order valence-electron chi connectivity index (χ4n) is 3.82. The number of hydrogen-bond donors (Lipinski definition) is 1. The molecule has 27 heavy (non-hydrogen) atoms. The third-order valence-corrected chi connectivity index (χ3v) is 6.33. The van der Waals surface area contributed by atoms with Gasteiger partial charge in [-0.2, -0.15) is 0 Å². The molecule has 0 radical (unpaired) electrons. The van der Waals surface area contributed by atoms with Gasteiger partial charge in [0.25, 0.3) is 0 Å². The molecule has 0 saturated carbocycles. The van der Waals surface area contributed by atoms with Gasteiger partial charge in [0, 0.05) is 42.7 Å². The first-order valence-electron chi connectivity index (χ1n) is 9.37. The molecule has 0 aliphatic carbocycles. The Morgan fingerprint density at radius 2 is 2.11 bits per heavy atom. The van der Waals surface area contributed by atoms with Gasteiger partial charge in [0.15, 0.2) is 5.82 Å². The highest BCUT2D eigenvalue weighted by molar-refractivity contribution is 7.15. The van der Waals surface area contributed by atoms with Gasteiger partial charge in [-0.3, -0.25) is 4.90 Å². The van der Waals surface area contributed by atoms with E-state index in [0.29, 0.717) is 11.7 Å². The second-order valence-electron chi connectivity index (χ2n) is 7.21. The SMILES string of the molecule is Cc1ccccc1-c1ncc(CN2CCCC(c3nnc(CO)n3C)C2)s1. The second kappa shape index (κ2) is 7.88. The Bertz CT molecular complexity index is 919. The van der Waals surface area contributed by atoms with Crippen LogP contribution in [0.25, 0.3) is 10.6 Å². The Hall–Kier alpha value is -2.09. The lowest BCUT2D eigenvalue weighted by molar-refractivity contribution is 0.196. The number of likely N-dealkylation sites (tertiary alicyclic amines) is 1. The van der Waals surface area contributed by atoms with Crippen LogP contribution in [0.5, 0.6) is 0 Å². The van der Waals surface area contributed by atoms with E-state index in [4.69, 9.17) is 0 Å². The van der Waals surface area contributed by atoms with Gasteiger partial charge < -0.3 is 9.67 Å². The molecule has 2 aromatic heterocycles. The summed E-state index contributed by atoms with van der Waals surface area (Å²) in [6.07, 6.45) is 4.28. The van der Waals surface area contributed by atoms with E-state index in [0.717, 1.165) is 43.3 Å². The predicted octanol–water partition coefficient (Wildman–Crippen LogP) is 3.12. The molecular weight excluding hydrogens is 358 g/mol. The summed E-state index contributed by atoms with van der Waals surface area (Å²) in [6.45, 7) is 5.05. The first kappa shape index (κ1) is 18.3. The number of aliphatic hydroxyl groups excluding tert-OH is 1. The van der Waals surface area contributed by atoms with Crippen LogP contribution in [0.1, 0.15) is 40.8 Å². The van der Waals surface area contributed by atoms with E-state index < -0.39 is 0 Å². The van der Waals surface area contributed by atoms with Crippen molar-refractivity contribution in [3.05, 3.63) is 52.6 Å².